The molecule has 35 heavy (non-hydrogen) atoms. The number of carbonyl (C=O) groups excluding carboxylic acids is 1. The lowest BCUT2D eigenvalue weighted by molar-refractivity contribution is -0.779. The fraction of sp³-hybridized carbons (Fsp3) is 0.240. The molecule has 1 amide bonds. The van der Waals surface area contributed by atoms with E-state index in [-0.39, 0.29) is 29.3 Å². The van der Waals surface area contributed by atoms with E-state index in [4.69, 9.17) is 9.26 Å². The van der Waals surface area contributed by atoms with Crippen molar-refractivity contribution in [2.45, 2.75) is 26.8 Å². The number of amidine groups is 1. The monoisotopic (exact) mass is 491 g/mol. The third kappa shape index (κ3) is 5.78. The predicted molar refractivity (Wildman–Crippen MR) is 134 cm³/mol. The maximum absolute atomic E-state index is 13.3. The van der Waals surface area contributed by atoms with Crippen LogP contribution in [0.3, 0.4) is 0 Å². The molecule has 4 rings (SSSR count). The predicted octanol–water partition coefficient (Wildman–Crippen LogP) is 3.51. The first-order valence-electron chi connectivity index (χ1n) is 11.1. The summed E-state index contributed by atoms with van der Waals surface area (Å²) in [6.45, 7) is 6.28. The number of para-hydroxylation sites is 2. The molecule has 0 unspecified atom stereocenters. The number of aromatic nitrogens is 2. The number of benzene rings is 2. The fourth-order valence-electron chi connectivity index (χ4n) is 3.26. The molecule has 0 saturated heterocycles. The first-order chi connectivity index (χ1) is 17.0. The summed E-state index contributed by atoms with van der Waals surface area (Å²) in [5.74, 6) is 0.0481. The molecular weight excluding hydrogens is 466 g/mol. The third-order valence-electron chi connectivity index (χ3n) is 4.92. The van der Waals surface area contributed by atoms with E-state index in [1.165, 1.54) is 4.90 Å². The quantitative estimate of drug-likeness (QED) is 0.207. The van der Waals surface area contributed by atoms with Gasteiger partial charge in [0.2, 0.25) is 5.27 Å². The van der Waals surface area contributed by atoms with Gasteiger partial charge in [-0.2, -0.15) is 0 Å². The average molecular weight is 492 g/mol. The highest BCUT2D eigenvalue weighted by molar-refractivity contribution is 8.14. The van der Waals surface area contributed by atoms with Crippen molar-refractivity contribution in [2.75, 3.05) is 17.3 Å². The van der Waals surface area contributed by atoms with Gasteiger partial charge in [0.15, 0.2) is 11.2 Å². The van der Waals surface area contributed by atoms with Crippen LogP contribution in [-0.2, 0) is 4.79 Å². The average Bonchev–Trinajstić information content (AvgIpc) is 3.44. The zero-order chi connectivity index (χ0) is 24.8. The second kappa shape index (κ2) is 11.0. The number of ether oxygens (including phenoxy) is 1. The molecular formula is C25H25N5O4S. The van der Waals surface area contributed by atoms with Gasteiger partial charge in [-0.05, 0) is 55.6 Å². The van der Waals surface area contributed by atoms with Crippen molar-refractivity contribution in [3.05, 3.63) is 72.1 Å². The highest BCUT2D eigenvalue weighted by Gasteiger charge is 2.32. The summed E-state index contributed by atoms with van der Waals surface area (Å²) in [6, 6.07) is 16.7. The molecule has 9 nitrogen and oxygen atoms in total. The molecule has 0 saturated carbocycles. The number of thioether (sulfide) groups is 1. The van der Waals surface area contributed by atoms with Gasteiger partial charge < -0.3 is 9.84 Å². The summed E-state index contributed by atoms with van der Waals surface area (Å²) in [5.41, 5.74) is 1.65. The Morgan fingerprint density at radius 2 is 1.97 bits per heavy atom. The molecule has 3 aromatic rings. The molecule has 1 aromatic heterocycles. The Morgan fingerprint density at radius 1 is 1.23 bits per heavy atom. The van der Waals surface area contributed by atoms with Crippen molar-refractivity contribution in [2.24, 2.45) is 9.98 Å². The number of rotatable bonds is 8. The SMILES string of the molecule is CCOc1ccccc1/C=C1/N=C(SC/C([O-])=N/c2c[n+](C(C)C)no2)N(c2ccccc2)C1=O. The van der Waals surface area contributed by atoms with Crippen LogP contribution in [0.2, 0.25) is 0 Å². The van der Waals surface area contributed by atoms with Gasteiger partial charge in [0.25, 0.3) is 12.1 Å². The summed E-state index contributed by atoms with van der Waals surface area (Å²) >= 11 is 1.13. The van der Waals surface area contributed by atoms with E-state index in [1.54, 1.807) is 17.0 Å². The van der Waals surface area contributed by atoms with Gasteiger partial charge in [0.1, 0.15) is 11.4 Å². The van der Waals surface area contributed by atoms with Gasteiger partial charge in [-0.25, -0.2) is 9.98 Å². The van der Waals surface area contributed by atoms with E-state index in [0.717, 1.165) is 17.3 Å². The van der Waals surface area contributed by atoms with Crippen molar-refractivity contribution in [3.8, 4) is 5.75 Å². The highest BCUT2D eigenvalue weighted by Crippen LogP contribution is 2.31. The van der Waals surface area contributed by atoms with Crippen molar-refractivity contribution in [1.29, 1.82) is 0 Å². The lowest BCUT2D eigenvalue weighted by atomic mass is 10.1. The van der Waals surface area contributed by atoms with Crippen LogP contribution in [-0.4, -0.2) is 34.6 Å². The molecule has 0 N–H and O–H groups in total. The third-order valence-corrected chi connectivity index (χ3v) is 5.84. The van der Waals surface area contributed by atoms with Crippen molar-refractivity contribution in [1.82, 2.24) is 5.27 Å². The Labute approximate surface area is 207 Å². The Hall–Kier alpha value is -3.92. The molecule has 1 aliphatic rings. The molecule has 1 aliphatic heterocycles. The van der Waals surface area contributed by atoms with Gasteiger partial charge in [0.05, 0.1) is 12.3 Å². The zero-order valence-corrected chi connectivity index (χ0v) is 20.4. The van der Waals surface area contributed by atoms with Crippen LogP contribution in [0.5, 0.6) is 5.75 Å². The normalized spacial score (nSPS) is 15.3. The number of carbonyl (C=O) groups is 1. The number of nitrogens with zero attached hydrogens (tertiary/aromatic N) is 5. The van der Waals surface area contributed by atoms with Crippen LogP contribution in [0.1, 0.15) is 32.4 Å². The maximum atomic E-state index is 13.3. The van der Waals surface area contributed by atoms with Crippen molar-refractivity contribution >= 4 is 46.4 Å². The Bertz CT molecular complexity index is 1280. The van der Waals surface area contributed by atoms with Crippen molar-refractivity contribution in [3.63, 3.8) is 0 Å². The molecule has 10 heteroatoms. The molecule has 0 fully saturated rings. The van der Waals surface area contributed by atoms with E-state index in [9.17, 15) is 9.90 Å². The first kappa shape index (κ1) is 24.2. The molecule has 0 radical (unpaired) electrons. The van der Waals surface area contributed by atoms with Gasteiger partial charge in [-0.15, -0.1) is 0 Å². The van der Waals surface area contributed by atoms with Gasteiger partial charge in [-0.3, -0.25) is 14.2 Å². The second-order valence-corrected chi connectivity index (χ2v) is 8.72. The summed E-state index contributed by atoms with van der Waals surface area (Å²) in [7, 11) is 0. The number of anilines is 1. The number of hydrogen-bond acceptors (Lipinski definition) is 8. The van der Waals surface area contributed by atoms with Crippen LogP contribution >= 0.6 is 11.8 Å². The van der Waals surface area contributed by atoms with Crippen molar-refractivity contribution < 1.29 is 23.8 Å². The standard InChI is InChI=1S/C25H25N5O4S/c1-4-33-21-13-9-8-10-18(21)14-20-24(32)30(19-11-6-5-7-12-19)25(26-20)35-16-22(31)27-23-15-29(17(2)3)28-34-23/h5-15,17H,4,16H2,1-3H3/b20-14+. The Kier molecular flexibility index (Phi) is 7.61. The maximum Gasteiger partial charge on any atom is 0.320 e. The molecule has 0 bridgehead atoms. The van der Waals surface area contributed by atoms with Crippen LogP contribution in [0.15, 0.2) is 81.0 Å². The minimum atomic E-state index is -0.427. The molecule has 2 aromatic carbocycles. The van der Waals surface area contributed by atoms with Gasteiger partial charge >= 0.3 is 5.88 Å². The first-order valence-corrected chi connectivity index (χ1v) is 12.1. The van der Waals surface area contributed by atoms with Crippen LogP contribution in [0.4, 0.5) is 11.6 Å². The number of hydrogen-bond donors (Lipinski definition) is 0. The van der Waals surface area contributed by atoms with Gasteiger partial charge in [-0.1, -0.05) is 48.2 Å². The summed E-state index contributed by atoms with van der Waals surface area (Å²) in [6.07, 6.45) is 3.26. The Morgan fingerprint density at radius 3 is 2.69 bits per heavy atom. The minimum absolute atomic E-state index is 0.0271. The van der Waals surface area contributed by atoms with Crippen LogP contribution in [0.25, 0.3) is 6.08 Å². The van der Waals surface area contributed by atoms with E-state index < -0.39 is 5.90 Å². The Balaban J connectivity index is 1.60. The summed E-state index contributed by atoms with van der Waals surface area (Å²) < 4.78 is 12.3. The molecule has 2 heterocycles. The van der Waals surface area contributed by atoms with E-state index in [2.05, 4.69) is 15.3 Å². The minimum Gasteiger partial charge on any atom is -0.861 e. The molecule has 0 spiro atoms. The topological polar surface area (TPSA) is 107 Å². The zero-order valence-electron chi connectivity index (χ0n) is 19.6. The second-order valence-electron chi connectivity index (χ2n) is 7.78. The van der Waals surface area contributed by atoms with Crippen LogP contribution in [0, 0.1) is 0 Å². The van der Waals surface area contributed by atoms with Gasteiger partial charge in [0, 0.05) is 11.3 Å². The number of aliphatic imine (C=N–C) groups is 2. The smallest absolute Gasteiger partial charge is 0.320 e. The highest BCUT2D eigenvalue weighted by atomic mass is 32.2. The van der Waals surface area contributed by atoms with Crippen LogP contribution < -0.4 is 19.4 Å². The van der Waals surface area contributed by atoms with E-state index >= 15 is 0 Å². The fourth-order valence-corrected chi connectivity index (χ4v) is 4.05. The van der Waals surface area contributed by atoms with E-state index in [1.807, 2.05) is 75.4 Å². The summed E-state index contributed by atoms with van der Waals surface area (Å²) in [5, 5.41) is 16.7. The molecule has 0 atom stereocenters. The summed E-state index contributed by atoms with van der Waals surface area (Å²) in [4.78, 5) is 23.4. The largest absolute Gasteiger partial charge is 0.861 e. The number of amides is 1. The molecule has 0 aliphatic carbocycles. The molecule has 180 valence electrons. The lowest BCUT2D eigenvalue weighted by Gasteiger charge is -2.18. The lowest BCUT2D eigenvalue weighted by Crippen LogP contribution is -2.36. The van der Waals surface area contributed by atoms with E-state index in [0.29, 0.717) is 23.2 Å².